The molecule has 1 aromatic heterocycles. The second-order valence-corrected chi connectivity index (χ2v) is 7.94. The van der Waals surface area contributed by atoms with Gasteiger partial charge in [-0.2, -0.15) is 5.10 Å². The molecule has 8 heteroatoms. The molecular weight excluding hydrogens is 343 g/mol. The van der Waals surface area contributed by atoms with Crippen molar-refractivity contribution in [3.8, 4) is 5.75 Å². The normalized spacial score (nSPS) is 11.8. The van der Waals surface area contributed by atoms with Crippen molar-refractivity contribution in [2.45, 2.75) is 40.2 Å². The minimum atomic E-state index is -4.21. The minimum absolute atomic E-state index is 0.0157. The number of nitrogens with zero attached hydrogens (tertiary/aromatic N) is 2. The van der Waals surface area contributed by atoms with Crippen LogP contribution in [0.4, 0.5) is 0 Å². The first-order valence-electron chi connectivity index (χ1n) is 7.93. The van der Waals surface area contributed by atoms with Crippen molar-refractivity contribution in [2.24, 2.45) is 0 Å². The number of aryl methyl sites for hydroxylation is 2. The van der Waals surface area contributed by atoms with Crippen molar-refractivity contribution in [1.29, 1.82) is 0 Å². The Labute approximate surface area is 146 Å². The van der Waals surface area contributed by atoms with Crippen molar-refractivity contribution in [3.05, 3.63) is 57.0 Å². The highest BCUT2D eigenvalue weighted by molar-refractivity contribution is 7.51. The first-order valence-corrected chi connectivity index (χ1v) is 9.73. The molecule has 25 heavy (non-hydrogen) atoms. The zero-order valence-electron chi connectivity index (χ0n) is 14.8. The molecule has 0 saturated carbocycles. The molecule has 7 nitrogen and oxygen atoms in total. The zero-order valence-corrected chi connectivity index (χ0v) is 15.7. The Morgan fingerprint density at radius 2 is 1.80 bits per heavy atom. The Balaban J connectivity index is 2.27. The summed E-state index contributed by atoms with van der Waals surface area (Å²) < 4.78 is 17.6. The van der Waals surface area contributed by atoms with E-state index in [-0.39, 0.29) is 11.6 Å². The second kappa shape index (κ2) is 7.52. The maximum absolute atomic E-state index is 11.8. The number of rotatable bonds is 6. The average Bonchev–Trinajstić information content (AvgIpc) is 2.49. The fraction of sp³-hybridized carbons (Fsp3) is 0.412. The summed E-state index contributed by atoms with van der Waals surface area (Å²) in [5.41, 5.74) is 3.57. The maximum atomic E-state index is 11.8. The van der Waals surface area contributed by atoms with E-state index in [1.165, 1.54) is 10.7 Å². The van der Waals surface area contributed by atoms with Gasteiger partial charge in [-0.3, -0.25) is 9.36 Å². The fourth-order valence-corrected chi connectivity index (χ4v) is 2.90. The van der Waals surface area contributed by atoms with E-state index in [2.05, 4.69) is 5.10 Å². The topological polar surface area (TPSA) is 102 Å². The predicted molar refractivity (Wildman–Crippen MR) is 95.1 cm³/mol. The summed E-state index contributed by atoms with van der Waals surface area (Å²) in [4.78, 5) is 29.6. The van der Waals surface area contributed by atoms with E-state index in [1.54, 1.807) is 18.2 Å². The van der Waals surface area contributed by atoms with Crippen molar-refractivity contribution in [1.82, 2.24) is 9.78 Å². The van der Waals surface area contributed by atoms with Crippen molar-refractivity contribution < 1.29 is 19.1 Å². The largest absolute Gasteiger partial charge is 0.481 e. The van der Waals surface area contributed by atoms with Gasteiger partial charge in [0.1, 0.15) is 5.75 Å². The SMILES string of the molecule is Cc1cc(OCP(=O)(O)O)cc(C)c1Cc1ccc(=O)n(C(C)C)n1. The first kappa shape index (κ1) is 19.4. The Kier molecular flexibility index (Phi) is 5.83. The molecular formula is C17H23N2O5P. The van der Waals surface area contributed by atoms with E-state index in [0.29, 0.717) is 12.2 Å². The lowest BCUT2D eigenvalue weighted by Crippen LogP contribution is -2.24. The molecule has 0 unspecified atom stereocenters. The van der Waals surface area contributed by atoms with E-state index < -0.39 is 13.9 Å². The molecule has 0 amide bonds. The van der Waals surface area contributed by atoms with Crippen LogP contribution in [0.25, 0.3) is 0 Å². The van der Waals surface area contributed by atoms with Gasteiger partial charge >= 0.3 is 7.60 Å². The molecule has 0 bridgehead atoms. The van der Waals surface area contributed by atoms with Crippen molar-refractivity contribution in [2.75, 3.05) is 6.35 Å². The molecule has 0 saturated heterocycles. The van der Waals surface area contributed by atoms with E-state index in [4.69, 9.17) is 14.5 Å². The zero-order chi connectivity index (χ0) is 18.8. The van der Waals surface area contributed by atoms with Crippen LogP contribution in [0.5, 0.6) is 5.75 Å². The first-order chi connectivity index (χ1) is 11.6. The highest BCUT2D eigenvalue weighted by atomic mass is 31.2. The second-order valence-electron chi connectivity index (χ2n) is 6.35. The highest BCUT2D eigenvalue weighted by Crippen LogP contribution is 2.35. The third-order valence-electron chi connectivity index (χ3n) is 3.80. The summed E-state index contributed by atoms with van der Waals surface area (Å²) in [5.74, 6) is 0.419. The van der Waals surface area contributed by atoms with Crippen LogP contribution >= 0.6 is 7.60 Å². The van der Waals surface area contributed by atoms with E-state index >= 15 is 0 Å². The predicted octanol–water partition coefficient (Wildman–Crippen LogP) is 2.55. The molecule has 0 aliphatic rings. The van der Waals surface area contributed by atoms with Gasteiger partial charge in [-0.15, -0.1) is 0 Å². The van der Waals surface area contributed by atoms with Gasteiger partial charge in [-0.1, -0.05) is 0 Å². The lowest BCUT2D eigenvalue weighted by molar-refractivity contribution is 0.300. The third kappa shape index (κ3) is 5.26. The molecule has 2 aromatic rings. The van der Waals surface area contributed by atoms with Crippen LogP contribution in [0, 0.1) is 13.8 Å². The molecule has 0 spiro atoms. The van der Waals surface area contributed by atoms with E-state index in [0.717, 1.165) is 22.4 Å². The van der Waals surface area contributed by atoms with Crippen LogP contribution in [-0.4, -0.2) is 25.9 Å². The Morgan fingerprint density at radius 1 is 1.20 bits per heavy atom. The molecule has 2 rings (SSSR count). The summed E-state index contributed by atoms with van der Waals surface area (Å²) in [7, 11) is -4.21. The molecule has 136 valence electrons. The highest BCUT2D eigenvalue weighted by Gasteiger charge is 2.15. The number of benzene rings is 1. The van der Waals surface area contributed by atoms with Gasteiger partial charge in [0.05, 0.1) is 11.7 Å². The molecule has 1 aromatic carbocycles. The number of ether oxygens (including phenoxy) is 1. The number of hydrogen-bond donors (Lipinski definition) is 2. The van der Waals surface area contributed by atoms with Crippen LogP contribution in [-0.2, 0) is 11.0 Å². The van der Waals surface area contributed by atoms with Gasteiger partial charge < -0.3 is 14.5 Å². The van der Waals surface area contributed by atoms with Crippen LogP contribution in [0.3, 0.4) is 0 Å². The van der Waals surface area contributed by atoms with Crippen molar-refractivity contribution >= 4 is 7.60 Å². The van der Waals surface area contributed by atoms with Crippen LogP contribution in [0.1, 0.15) is 42.3 Å². The molecule has 0 atom stereocenters. The summed E-state index contributed by atoms with van der Waals surface area (Å²) in [6, 6.07) is 6.72. The quantitative estimate of drug-likeness (QED) is 0.762. The smallest absolute Gasteiger partial charge is 0.362 e. The molecule has 0 fully saturated rings. The Morgan fingerprint density at radius 3 is 2.32 bits per heavy atom. The third-order valence-corrected chi connectivity index (χ3v) is 4.26. The van der Waals surface area contributed by atoms with Gasteiger partial charge in [-0.05, 0) is 62.6 Å². The maximum Gasteiger partial charge on any atom is 0.362 e. The lowest BCUT2D eigenvalue weighted by Gasteiger charge is -2.15. The van der Waals surface area contributed by atoms with Crippen LogP contribution < -0.4 is 10.3 Å². The Bertz CT molecular complexity index is 847. The Hall–Kier alpha value is -1.95. The van der Waals surface area contributed by atoms with Gasteiger partial charge in [0.15, 0.2) is 6.35 Å². The number of hydrogen-bond acceptors (Lipinski definition) is 4. The molecule has 0 aliphatic carbocycles. The van der Waals surface area contributed by atoms with E-state index in [1.807, 2.05) is 27.7 Å². The molecule has 0 radical (unpaired) electrons. The molecule has 1 heterocycles. The van der Waals surface area contributed by atoms with E-state index in [9.17, 15) is 9.36 Å². The van der Waals surface area contributed by atoms with Gasteiger partial charge in [-0.25, -0.2) is 4.68 Å². The summed E-state index contributed by atoms with van der Waals surface area (Å²) in [5, 5.41) is 4.41. The molecule has 2 N–H and O–H groups in total. The number of aromatic nitrogens is 2. The minimum Gasteiger partial charge on any atom is -0.481 e. The average molecular weight is 366 g/mol. The summed E-state index contributed by atoms with van der Waals surface area (Å²) in [6.45, 7) is 7.62. The van der Waals surface area contributed by atoms with Gasteiger partial charge in [0, 0.05) is 12.5 Å². The van der Waals surface area contributed by atoms with Gasteiger partial charge in [0.25, 0.3) is 5.56 Å². The van der Waals surface area contributed by atoms with Crippen LogP contribution in [0.15, 0.2) is 29.1 Å². The summed E-state index contributed by atoms with van der Waals surface area (Å²) in [6.07, 6.45) is -0.0877. The molecule has 0 aliphatic heterocycles. The standard InChI is InChI=1S/C17H23N2O5P/c1-11(2)19-17(20)6-5-14(18-19)9-16-12(3)7-15(8-13(16)4)24-10-25(21,22)23/h5-8,11H,9-10H2,1-4H3,(H2,21,22,23). The fourth-order valence-electron chi connectivity index (χ4n) is 2.58. The lowest BCUT2D eigenvalue weighted by atomic mass is 9.98. The van der Waals surface area contributed by atoms with Crippen LogP contribution in [0.2, 0.25) is 0 Å². The van der Waals surface area contributed by atoms with Gasteiger partial charge in [0.2, 0.25) is 0 Å². The monoisotopic (exact) mass is 366 g/mol. The summed E-state index contributed by atoms with van der Waals surface area (Å²) >= 11 is 0. The van der Waals surface area contributed by atoms with Crippen molar-refractivity contribution in [3.63, 3.8) is 0 Å².